The molecule has 1 atom stereocenters. The van der Waals surface area contributed by atoms with Crippen LogP contribution in [0.25, 0.3) is 0 Å². The summed E-state index contributed by atoms with van der Waals surface area (Å²) in [7, 11) is 1.76. The first kappa shape index (κ1) is 23.7. The lowest BCUT2D eigenvalue weighted by molar-refractivity contribution is -0.140. The van der Waals surface area contributed by atoms with Crippen LogP contribution in [0.15, 0.2) is 4.79 Å². The Morgan fingerprint density at radius 3 is 2.33 bits per heavy atom. The highest BCUT2D eigenvalue weighted by Gasteiger charge is 2.49. The SMILES string of the molecule is CN(CCC(=O)N1CCN(C(=O)C2CC2)CC1)[C@H]1c2n[nH]c(=O)c(C(F)(F)F)c2CC1(C)C. The lowest BCUT2D eigenvalue weighted by Crippen LogP contribution is -2.51. The van der Waals surface area contributed by atoms with Crippen LogP contribution >= 0.6 is 0 Å². The number of nitrogens with one attached hydrogen (secondary N) is 1. The Bertz CT molecular complexity index is 994. The molecule has 182 valence electrons. The topological polar surface area (TPSA) is 89.6 Å². The van der Waals surface area contributed by atoms with Gasteiger partial charge in [-0.25, -0.2) is 5.10 Å². The summed E-state index contributed by atoms with van der Waals surface area (Å²) in [5.74, 6) is 0.314. The number of alkyl halides is 3. The monoisotopic (exact) mass is 469 g/mol. The van der Waals surface area contributed by atoms with Gasteiger partial charge in [-0.2, -0.15) is 18.3 Å². The Balaban J connectivity index is 1.40. The second-order valence-corrected chi connectivity index (χ2v) is 10.1. The van der Waals surface area contributed by atoms with Crippen molar-refractivity contribution < 1.29 is 22.8 Å². The Morgan fingerprint density at radius 1 is 1.15 bits per heavy atom. The first-order valence-corrected chi connectivity index (χ1v) is 11.4. The molecular formula is C22H30F3N5O3. The predicted octanol–water partition coefficient (Wildman–Crippen LogP) is 1.81. The molecule has 0 radical (unpaired) electrons. The predicted molar refractivity (Wildman–Crippen MR) is 113 cm³/mol. The average Bonchev–Trinajstić information content (AvgIpc) is 3.53. The van der Waals surface area contributed by atoms with E-state index in [4.69, 9.17) is 0 Å². The molecule has 1 aromatic rings. The molecule has 1 saturated carbocycles. The second-order valence-electron chi connectivity index (χ2n) is 10.1. The van der Waals surface area contributed by atoms with Gasteiger partial charge in [0, 0.05) is 45.1 Å². The third kappa shape index (κ3) is 4.64. The molecule has 2 aliphatic carbocycles. The molecule has 11 heteroatoms. The molecule has 1 N–H and O–H groups in total. The summed E-state index contributed by atoms with van der Waals surface area (Å²) in [6, 6.07) is -0.466. The normalized spacial score (nSPS) is 22.6. The van der Waals surface area contributed by atoms with Crippen molar-refractivity contribution in [3.8, 4) is 0 Å². The number of hydrogen-bond acceptors (Lipinski definition) is 5. The van der Waals surface area contributed by atoms with Gasteiger partial charge in [-0.1, -0.05) is 13.8 Å². The maximum atomic E-state index is 13.5. The molecule has 0 bridgehead atoms. The van der Waals surface area contributed by atoms with E-state index in [1.54, 1.807) is 11.9 Å². The van der Waals surface area contributed by atoms with Crippen molar-refractivity contribution >= 4 is 11.8 Å². The fourth-order valence-electron chi connectivity index (χ4n) is 5.26. The maximum absolute atomic E-state index is 13.5. The molecule has 1 saturated heterocycles. The van der Waals surface area contributed by atoms with E-state index in [1.807, 2.05) is 28.7 Å². The van der Waals surface area contributed by atoms with Gasteiger partial charge in [0.2, 0.25) is 11.8 Å². The number of piperazine rings is 1. The van der Waals surface area contributed by atoms with Crippen LogP contribution in [0.2, 0.25) is 0 Å². The highest BCUT2D eigenvalue weighted by molar-refractivity contribution is 5.81. The number of nitrogens with zero attached hydrogens (tertiary/aromatic N) is 4. The van der Waals surface area contributed by atoms with Crippen molar-refractivity contribution in [1.82, 2.24) is 24.9 Å². The summed E-state index contributed by atoms with van der Waals surface area (Å²) >= 11 is 0. The number of amides is 2. The molecule has 8 nitrogen and oxygen atoms in total. The fourth-order valence-corrected chi connectivity index (χ4v) is 5.26. The van der Waals surface area contributed by atoms with Crippen molar-refractivity contribution in [2.45, 2.75) is 51.7 Å². The number of fused-ring (bicyclic) bond motifs is 1. The van der Waals surface area contributed by atoms with Gasteiger partial charge in [0.25, 0.3) is 5.56 Å². The minimum absolute atomic E-state index is 0.0400. The van der Waals surface area contributed by atoms with Crippen LogP contribution in [-0.4, -0.2) is 76.5 Å². The molecule has 2 amide bonds. The van der Waals surface area contributed by atoms with Gasteiger partial charge in [0.1, 0.15) is 5.56 Å². The first-order valence-electron chi connectivity index (χ1n) is 11.4. The molecule has 33 heavy (non-hydrogen) atoms. The van der Waals surface area contributed by atoms with Crippen LogP contribution in [-0.2, 0) is 22.2 Å². The fraction of sp³-hybridized carbons (Fsp3) is 0.727. The Hall–Kier alpha value is -2.43. The van der Waals surface area contributed by atoms with Crippen LogP contribution in [0, 0.1) is 11.3 Å². The third-order valence-electron chi connectivity index (χ3n) is 7.02. The number of carbonyl (C=O) groups excluding carboxylic acids is 2. The lowest BCUT2D eigenvalue weighted by atomic mass is 9.85. The van der Waals surface area contributed by atoms with E-state index in [1.165, 1.54) is 0 Å². The van der Waals surface area contributed by atoms with E-state index >= 15 is 0 Å². The van der Waals surface area contributed by atoms with Gasteiger partial charge in [-0.05, 0) is 37.3 Å². The zero-order valence-corrected chi connectivity index (χ0v) is 19.2. The van der Waals surface area contributed by atoms with E-state index < -0.39 is 28.8 Å². The number of halogens is 3. The summed E-state index contributed by atoms with van der Waals surface area (Å²) in [6.45, 7) is 6.11. The average molecular weight is 470 g/mol. The summed E-state index contributed by atoms with van der Waals surface area (Å²) in [6.07, 6.45) is -2.56. The van der Waals surface area contributed by atoms with Gasteiger partial charge < -0.3 is 9.80 Å². The number of H-pyrrole nitrogens is 1. The van der Waals surface area contributed by atoms with Gasteiger partial charge in [-0.15, -0.1) is 0 Å². The molecule has 2 fully saturated rings. The van der Waals surface area contributed by atoms with Crippen LogP contribution in [0.3, 0.4) is 0 Å². The molecule has 3 aliphatic rings. The summed E-state index contributed by atoms with van der Waals surface area (Å²) in [5.41, 5.74) is -2.84. The van der Waals surface area contributed by atoms with Crippen molar-refractivity contribution in [1.29, 1.82) is 0 Å². The van der Waals surface area contributed by atoms with Crippen molar-refractivity contribution in [3.63, 3.8) is 0 Å². The number of hydrogen-bond donors (Lipinski definition) is 1. The zero-order valence-electron chi connectivity index (χ0n) is 19.2. The van der Waals surface area contributed by atoms with E-state index in [9.17, 15) is 27.6 Å². The Morgan fingerprint density at radius 2 is 1.76 bits per heavy atom. The molecule has 4 rings (SSSR count). The van der Waals surface area contributed by atoms with Gasteiger partial charge in [-0.3, -0.25) is 19.3 Å². The second kappa shape index (κ2) is 8.41. The van der Waals surface area contributed by atoms with Crippen molar-refractivity contribution in [2.24, 2.45) is 11.3 Å². The number of rotatable bonds is 5. The highest BCUT2D eigenvalue weighted by Crippen LogP contribution is 2.49. The molecule has 1 aliphatic heterocycles. The maximum Gasteiger partial charge on any atom is 0.422 e. The van der Waals surface area contributed by atoms with Gasteiger partial charge in [0.05, 0.1) is 11.7 Å². The van der Waals surface area contributed by atoms with E-state index in [0.29, 0.717) is 32.7 Å². The molecule has 2 heterocycles. The molecule has 0 unspecified atom stereocenters. The van der Waals surface area contributed by atoms with Crippen molar-refractivity contribution in [2.75, 3.05) is 39.8 Å². The minimum atomic E-state index is -4.76. The van der Waals surface area contributed by atoms with Gasteiger partial charge >= 0.3 is 6.18 Å². The standard InChI is InChI=1S/C22H30F3N5O3/c1-21(2)12-14-16(22(23,24)25)19(32)27-26-17(14)18(21)28(3)7-6-15(31)29-8-10-30(11-9-29)20(33)13-4-5-13/h13,18H,4-12H2,1-3H3,(H,27,32)/t18-/m0/s1. The zero-order chi connectivity index (χ0) is 24.1. The minimum Gasteiger partial charge on any atom is -0.339 e. The van der Waals surface area contributed by atoms with Crippen LogP contribution in [0.1, 0.15) is 56.0 Å². The number of aromatic amines is 1. The van der Waals surface area contributed by atoms with E-state index in [-0.39, 0.29) is 41.8 Å². The molecule has 1 aromatic heterocycles. The summed E-state index contributed by atoms with van der Waals surface area (Å²) in [4.78, 5) is 42.3. The van der Waals surface area contributed by atoms with E-state index in [2.05, 4.69) is 5.10 Å². The smallest absolute Gasteiger partial charge is 0.339 e. The van der Waals surface area contributed by atoms with Gasteiger partial charge in [0.15, 0.2) is 0 Å². The molecule has 0 spiro atoms. The molecule has 0 aromatic carbocycles. The van der Waals surface area contributed by atoms with Crippen molar-refractivity contribution in [3.05, 3.63) is 27.2 Å². The largest absolute Gasteiger partial charge is 0.422 e. The first-order chi connectivity index (χ1) is 15.4. The highest BCUT2D eigenvalue weighted by atomic mass is 19.4. The summed E-state index contributed by atoms with van der Waals surface area (Å²) < 4.78 is 40.6. The lowest BCUT2D eigenvalue weighted by Gasteiger charge is -2.37. The van der Waals surface area contributed by atoms with E-state index in [0.717, 1.165) is 12.8 Å². The Labute approximate surface area is 190 Å². The summed E-state index contributed by atoms with van der Waals surface area (Å²) in [5, 5.41) is 5.99. The molecular weight excluding hydrogens is 439 g/mol. The quantitative estimate of drug-likeness (QED) is 0.711. The van der Waals surface area contributed by atoms with Crippen LogP contribution in [0.5, 0.6) is 0 Å². The Kier molecular flexibility index (Phi) is 6.05. The number of carbonyl (C=O) groups is 2. The number of aromatic nitrogens is 2. The van der Waals surface area contributed by atoms with Crippen LogP contribution < -0.4 is 5.56 Å². The third-order valence-corrected chi connectivity index (χ3v) is 7.02. The van der Waals surface area contributed by atoms with Crippen LogP contribution in [0.4, 0.5) is 13.2 Å².